The van der Waals surface area contributed by atoms with Gasteiger partial charge in [-0.3, -0.25) is 0 Å². The smallest absolute Gasteiger partial charge is 0.321 e. The summed E-state index contributed by atoms with van der Waals surface area (Å²) in [5.74, 6) is 0. The number of carbonyl (C=O) groups excluding carboxylic acids is 1. The van der Waals surface area contributed by atoms with Gasteiger partial charge in [-0.2, -0.15) is 0 Å². The summed E-state index contributed by atoms with van der Waals surface area (Å²) in [6, 6.07) is 22.0. The number of amides is 2. The van der Waals surface area contributed by atoms with Crippen LogP contribution < -0.4 is 5.32 Å². The van der Waals surface area contributed by atoms with Crippen molar-refractivity contribution in [2.75, 3.05) is 12.4 Å². The second-order valence-corrected chi connectivity index (χ2v) is 7.23. The van der Waals surface area contributed by atoms with E-state index >= 15 is 0 Å². The van der Waals surface area contributed by atoms with Crippen LogP contribution in [0.5, 0.6) is 0 Å². The molecule has 4 aromatic rings. The van der Waals surface area contributed by atoms with E-state index in [0.29, 0.717) is 6.54 Å². The van der Waals surface area contributed by atoms with Gasteiger partial charge in [0.1, 0.15) is 5.01 Å². The molecular formula is C22H19N3OS. The zero-order valence-electron chi connectivity index (χ0n) is 14.9. The van der Waals surface area contributed by atoms with Gasteiger partial charge in [-0.25, -0.2) is 9.78 Å². The van der Waals surface area contributed by atoms with E-state index in [2.05, 4.69) is 34.6 Å². The molecule has 0 spiro atoms. The van der Waals surface area contributed by atoms with Gasteiger partial charge in [0, 0.05) is 36.4 Å². The first-order valence-electron chi connectivity index (χ1n) is 8.69. The standard InChI is InChI=1S/C22H19N3OS/c1-25(15-18-7-4-6-16-5-2-3-8-20(16)18)22(26)24-19-11-9-17(10-12-19)21-23-13-14-27-21/h2-14H,15H2,1H3,(H,24,26). The Kier molecular flexibility index (Phi) is 4.85. The normalized spacial score (nSPS) is 10.7. The predicted molar refractivity (Wildman–Crippen MR) is 112 cm³/mol. The maximum atomic E-state index is 12.6. The fourth-order valence-corrected chi connectivity index (χ4v) is 3.68. The van der Waals surface area contributed by atoms with Crippen LogP contribution in [0.1, 0.15) is 5.56 Å². The molecule has 0 aliphatic heterocycles. The number of hydrogen-bond acceptors (Lipinski definition) is 3. The van der Waals surface area contributed by atoms with Gasteiger partial charge in [-0.05, 0) is 40.6 Å². The van der Waals surface area contributed by atoms with E-state index in [4.69, 9.17) is 0 Å². The van der Waals surface area contributed by atoms with Crippen molar-refractivity contribution in [3.05, 3.63) is 83.9 Å². The number of hydrogen-bond donors (Lipinski definition) is 1. The van der Waals surface area contributed by atoms with Gasteiger partial charge >= 0.3 is 6.03 Å². The maximum absolute atomic E-state index is 12.6. The van der Waals surface area contributed by atoms with E-state index in [1.54, 1.807) is 29.5 Å². The Hall–Kier alpha value is -3.18. The van der Waals surface area contributed by atoms with Crippen LogP contribution in [0.2, 0.25) is 0 Å². The zero-order chi connectivity index (χ0) is 18.6. The van der Waals surface area contributed by atoms with E-state index in [0.717, 1.165) is 21.8 Å². The predicted octanol–water partition coefficient (Wildman–Crippen LogP) is 5.63. The van der Waals surface area contributed by atoms with Gasteiger partial charge in [0.2, 0.25) is 0 Å². The second kappa shape index (κ2) is 7.60. The number of fused-ring (bicyclic) bond motifs is 1. The largest absolute Gasteiger partial charge is 0.323 e. The molecule has 0 saturated carbocycles. The Morgan fingerprint density at radius 1 is 1.04 bits per heavy atom. The lowest BCUT2D eigenvalue weighted by atomic mass is 10.0. The number of urea groups is 1. The summed E-state index contributed by atoms with van der Waals surface area (Å²) < 4.78 is 0. The maximum Gasteiger partial charge on any atom is 0.321 e. The Labute approximate surface area is 162 Å². The van der Waals surface area contributed by atoms with E-state index in [-0.39, 0.29) is 6.03 Å². The first-order valence-corrected chi connectivity index (χ1v) is 9.57. The van der Waals surface area contributed by atoms with Crippen molar-refractivity contribution in [3.8, 4) is 10.6 Å². The zero-order valence-corrected chi connectivity index (χ0v) is 15.7. The van der Waals surface area contributed by atoms with Crippen LogP contribution in [0.25, 0.3) is 21.3 Å². The monoisotopic (exact) mass is 373 g/mol. The number of nitrogens with one attached hydrogen (secondary N) is 1. The topological polar surface area (TPSA) is 45.2 Å². The number of rotatable bonds is 4. The van der Waals surface area contributed by atoms with Gasteiger partial charge in [-0.1, -0.05) is 42.5 Å². The lowest BCUT2D eigenvalue weighted by molar-refractivity contribution is 0.221. The van der Waals surface area contributed by atoms with E-state index in [1.807, 2.05) is 47.8 Å². The number of carbonyl (C=O) groups is 1. The van der Waals surface area contributed by atoms with E-state index in [9.17, 15) is 4.79 Å². The highest BCUT2D eigenvalue weighted by Crippen LogP contribution is 2.24. The quantitative estimate of drug-likeness (QED) is 0.504. The average molecular weight is 373 g/mol. The van der Waals surface area contributed by atoms with E-state index in [1.165, 1.54) is 10.8 Å². The minimum Gasteiger partial charge on any atom is -0.323 e. The summed E-state index contributed by atoms with van der Waals surface area (Å²) in [6.07, 6.45) is 1.79. The summed E-state index contributed by atoms with van der Waals surface area (Å²) in [4.78, 5) is 18.6. The highest BCUT2D eigenvalue weighted by molar-refractivity contribution is 7.13. The first-order chi connectivity index (χ1) is 13.2. The molecule has 0 aliphatic rings. The second-order valence-electron chi connectivity index (χ2n) is 6.34. The number of nitrogens with zero attached hydrogens (tertiary/aromatic N) is 2. The molecule has 5 heteroatoms. The molecule has 3 aromatic carbocycles. The molecule has 134 valence electrons. The van der Waals surface area contributed by atoms with Gasteiger partial charge < -0.3 is 10.2 Å². The van der Waals surface area contributed by atoms with Gasteiger partial charge in [-0.15, -0.1) is 11.3 Å². The van der Waals surface area contributed by atoms with Crippen LogP contribution >= 0.6 is 11.3 Å². The van der Waals surface area contributed by atoms with Crippen LogP contribution in [0.3, 0.4) is 0 Å². The Morgan fingerprint density at radius 3 is 2.59 bits per heavy atom. The summed E-state index contributed by atoms with van der Waals surface area (Å²) in [6.45, 7) is 0.546. The van der Waals surface area contributed by atoms with Gasteiger partial charge in [0.25, 0.3) is 0 Å². The molecule has 0 fully saturated rings. The molecule has 0 saturated heterocycles. The Balaban J connectivity index is 1.45. The lowest BCUT2D eigenvalue weighted by Gasteiger charge is -2.19. The fourth-order valence-electron chi connectivity index (χ4n) is 3.04. The molecule has 0 aliphatic carbocycles. The van der Waals surface area contributed by atoms with Gasteiger partial charge in [0.05, 0.1) is 0 Å². The minimum absolute atomic E-state index is 0.134. The molecular weight excluding hydrogens is 354 g/mol. The number of benzene rings is 3. The summed E-state index contributed by atoms with van der Waals surface area (Å²) in [5.41, 5.74) is 2.95. The average Bonchev–Trinajstić information content (AvgIpc) is 3.23. The Bertz CT molecular complexity index is 1050. The Morgan fingerprint density at radius 2 is 1.81 bits per heavy atom. The van der Waals surface area contributed by atoms with Crippen LogP contribution in [0, 0.1) is 0 Å². The molecule has 1 aromatic heterocycles. The summed E-state index contributed by atoms with van der Waals surface area (Å²) in [5, 5.41) is 8.23. The minimum atomic E-state index is -0.134. The van der Waals surface area contributed by atoms with Crippen molar-refractivity contribution in [3.63, 3.8) is 0 Å². The van der Waals surface area contributed by atoms with Crippen molar-refractivity contribution in [1.29, 1.82) is 0 Å². The van der Waals surface area contributed by atoms with Crippen molar-refractivity contribution in [1.82, 2.24) is 9.88 Å². The van der Waals surface area contributed by atoms with Crippen molar-refractivity contribution in [2.45, 2.75) is 6.54 Å². The molecule has 0 unspecified atom stereocenters. The SMILES string of the molecule is CN(Cc1cccc2ccccc12)C(=O)Nc1ccc(-c2nccs2)cc1. The number of thiazole rings is 1. The third-order valence-corrected chi connectivity index (χ3v) is 5.27. The van der Waals surface area contributed by atoms with Crippen LogP contribution in [0.4, 0.5) is 10.5 Å². The van der Waals surface area contributed by atoms with Crippen LogP contribution in [-0.2, 0) is 6.54 Å². The van der Waals surface area contributed by atoms with Crippen LogP contribution in [-0.4, -0.2) is 23.0 Å². The van der Waals surface area contributed by atoms with Crippen molar-refractivity contribution < 1.29 is 4.79 Å². The van der Waals surface area contributed by atoms with Crippen molar-refractivity contribution in [2.24, 2.45) is 0 Å². The molecule has 4 nitrogen and oxygen atoms in total. The molecule has 2 amide bonds. The van der Waals surface area contributed by atoms with E-state index < -0.39 is 0 Å². The number of anilines is 1. The molecule has 0 atom stereocenters. The van der Waals surface area contributed by atoms with Crippen LogP contribution in [0.15, 0.2) is 78.3 Å². The first kappa shape index (κ1) is 17.2. The fraction of sp³-hybridized carbons (Fsp3) is 0.0909. The molecule has 4 rings (SSSR count). The highest BCUT2D eigenvalue weighted by Gasteiger charge is 2.11. The number of aromatic nitrogens is 1. The lowest BCUT2D eigenvalue weighted by Crippen LogP contribution is -2.30. The third-order valence-electron chi connectivity index (χ3n) is 4.45. The highest BCUT2D eigenvalue weighted by atomic mass is 32.1. The summed E-state index contributed by atoms with van der Waals surface area (Å²) >= 11 is 1.60. The van der Waals surface area contributed by atoms with Gasteiger partial charge in [0.15, 0.2) is 0 Å². The molecule has 27 heavy (non-hydrogen) atoms. The molecule has 0 radical (unpaired) electrons. The summed E-state index contributed by atoms with van der Waals surface area (Å²) in [7, 11) is 1.81. The molecule has 1 N–H and O–H groups in total. The van der Waals surface area contributed by atoms with Crippen molar-refractivity contribution >= 4 is 33.8 Å². The molecule has 0 bridgehead atoms. The third kappa shape index (κ3) is 3.83. The molecule has 1 heterocycles.